The van der Waals surface area contributed by atoms with Gasteiger partial charge in [0.15, 0.2) is 0 Å². The van der Waals surface area contributed by atoms with E-state index in [9.17, 15) is 0 Å². The zero-order chi connectivity index (χ0) is 15.3. The van der Waals surface area contributed by atoms with Gasteiger partial charge in [-0.05, 0) is 62.1 Å². The van der Waals surface area contributed by atoms with Crippen LogP contribution in [-0.4, -0.2) is 7.11 Å². The van der Waals surface area contributed by atoms with Crippen molar-refractivity contribution in [3.8, 4) is 5.75 Å². The van der Waals surface area contributed by atoms with Crippen LogP contribution in [0.2, 0.25) is 0 Å². The van der Waals surface area contributed by atoms with Gasteiger partial charge in [0, 0.05) is 0 Å². The Morgan fingerprint density at radius 1 is 1.05 bits per heavy atom. The number of rotatable bonds is 5. The van der Waals surface area contributed by atoms with Crippen LogP contribution in [0.4, 0.5) is 0 Å². The number of ether oxygens (including phenoxy) is 1. The molecule has 1 aromatic carbocycles. The van der Waals surface area contributed by atoms with Gasteiger partial charge in [-0.25, -0.2) is 0 Å². The molecule has 0 amide bonds. The van der Waals surface area contributed by atoms with E-state index in [4.69, 9.17) is 4.74 Å². The van der Waals surface area contributed by atoms with Gasteiger partial charge in [-0.3, -0.25) is 0 Å². The van der Waals surface area contributed by atoms with Crippen LogP contribution < -0.4 is 4.74 Å². The largest absolute Gasteiger partial charge is 0.496 e. The fourth-order valence-corrected chi connectivity index (χ4v) is 2.08. The van der Waals surface area contributed by atoms with Crippen LogP contribution in [0.25, 0.3) is 5.57 Å². The fourth-order valence-electron chi connectivity index (χ4n) is 2.08. The van der Waals surface area contributed by atoms with E-state index in [0.717, 1.165) is 28.0 Å². The third-order valence-corrected chi connectivity index (χ3v) is 3.27. The Labute approximate surface area is 123 Å². The highest BCUT2D eigenvalue weighted by Gasteiger charge is 2.02. The standard InChI is InChI=1S/C19H24O/c1-13(2)18(14(3)4)10-8-15(5)17-9-11-19(20-7)16(6)12-17/h8-12H,1,3H2,2,4-7H3/b15-8+. The van der Waals surface area contributed by atoms with Crippen LogP contribution in [0, 0.1) is 6.92 Å². The van der Waals surface area contributed by atoms with Crippen LogP contribution in [-0.2, 0) is 0 Å². The summed E-state index contributed by atoms with van der Waals surface area (Å²) in [6.07, 6.45) is 4.19. The molecule has 0 aliphatic carbocycles. The van der Waals surface area contributed by atoms with Gasteiger partial charge in [0.25, 0.3) is 0 Å². The van der Waals surface area contributed by atoms with Crippen LogP contribution >= 0.6 is 0 Å². The van der Waals surface area contributed by atoms with Gasteiger partial charge in [0.2, 0.25) is 0 Å². The van der Waals surface area contributed by atoms with Crippen LogP contribution in [0.3, 0.4) is 0 Å². The molecule has 1 heteroatoms. The van der Waals surface area contributed by atoms with E-state index in [1.54, 1.807) is 7.11 Å². The highest BCUT2D eigenvalue weighted by molar-refractivity contribution is 5.67. The molecule has 0 aliphatic rings. The summed E-state index contributed by atoms with van der Waals surface area (Å²) in [5, 5.41) is 0. The zero-order valence-electron chi connectivity index (χ0n) is 13.2. The van der Waals surface area contributed by atoms with Crippen molar-refractivity contribution in [1.29, 1.82) is 0 Å². The molecule has 0 spiro atoms. The lowest BCUT2D eigenvalue weighted by Crippen LogP contribution is -1.89. The van der Waals surface area contributed by atoms with Crippen molar-refractivity contribution in [3.63, 3.8) is 0 Å². The summed E-state index contributed by atoms with van der Waals surface area (Å²) in [7, 11) is 1.69. The molecule has 0 N–H and O–H groups in total. The van der Waals surface area contributed by atoms with Crippen molar-refractivity contribution in [1.82, 2.24) is 0 Å². The van der Waals surface area contributed by atoms with E-state index < -0.39 is 0 Å². The topological polar surface area (TPSA) is 9.23 Å². The minimum atomic E-state index is 0.918. The summed E-state index contributed by atoms with van der Waals surface area (Å²) < 4.78 is 5.29. The molecular weight excluding hydrogens is 244 g/mol. The first kappa shape index (κ1) is 16.0. The predicted molar refractivity (Wildman–Crippen MR) is 89.1 cm³/mol. The quantitative estimate of drug-likeness (QED) is 0.642. The average molecular weight is 268 g/mol. The Balaban J connectivity index is 3.11. The third-order valence-electron chi connectivity index (χ3n) is 3.27. The van der Waals surface area contributed by atoms with Crippen LogP contribution in [0.5, 0.6) is 5.75 Å². The monoisotopic (exact) mass is 268 g/mol. The highest BCUT2D eigenvalue weighted by atomic mass is 16.5. The Morgan fingerprint density at radius 3 is 2.10 bits per heavy atom. The van der Waals surface area contributed by atoms with Crippen LogP contribution in [0.15, 0.2) is 60.2 Å². The molecule has 0 bridgehead atoms. The Bertz CT molecular complexity index is 570. The lowest BCUT2D eigenvalue weighted by atomic mass is 9.99. The fraction of sp³-hybridized carbons (Fsp3) is 0.263. The Kier molecular flexibility index (Phi) is 5.57. The molecule has 1 aromatic rings. The van der Waals surface area contributed by atoms with Crippen molar-refractivity contribution in [2.75, 3.05) is 7.11 Å². The summed E-state index contributed by atoms with van der Waals surface area (Å²) in [6, 6.07) is 6.22. The third kappa shape index (κ3) is 3.99. The molecule has 0 saturated carbocycles. The minimum Gasteiger partial charge on any atom is -0.496 e. The maximum Gasteiger partial charge on any atom is 0.121 e. The second-order valence-electron chi connectivity index (χ2n) is 5.18. The van der Waals surface area contributed by atoms with E-state index in [-0.39, 0.29) is 0 Å². The molecule has 0 atom stereocenters. The van der Waals surface area contributed by atoms with Gasteiger partial charge in [-0.15, -0.1) is 0 Å². The molecule has 0 unspecified atom stereocenters. The van der Waals surface area contributed by atoms with Crippen LogP contribution in [0.1, 0.15) is 31.9 Å². The van der Waals surface area contributed by atoms with E-state index >= 15 is 0 Å². The second kappa shape index (κ2) is 6.95. The number of allylic oxidation sites excluding steroid dienone is 6. The number of aryl methyl sites for hydroxylation is 1. The maximum atomic E-state index is 5.29. The van der Waals surface area contributed by atoms with Crippen molar-refractivity contribution in [2.45, 2.75) is 27.7 Å². The molecule has 1 nitrogen and oxygen atoms in total. The number of hydrogen-bond acceptors (Lipinski definition) is 1. The summed E-state index contributed by atoms with van der Waals surface area (Å²) in [6.45, 7) is 16.1. The second-order valence-corrected chi connectivity index (χ2v) is 5.18. The van der Waals surface area contributed by atoms with E-state index in [1.807, 2.05) is 19.9 Å². The molecule has 0 radical (unpaired) electrons. The summed E-state index contributed by atoms with van der Waals surface area (Å²) in [5.41, 5.74) is 6.72. The van der Waals surface area contributed by atoms with Crippen molar-refractivity contribution in [3.05, 3.63) is 71.4 Å². The minimum absolute atomic E-state index is 0.918. The van der Waals surface area contributed by atoms with Gasteiger partial charge in [-0.2, -0.15) is 0 Å². The molecule has 0 aromatic heterocycles. The smallest absolute Gasteiger partial charge is 0.121 e. The molecular formula is C19H24O. The highest BCUT2D eigenvalue weighted by Crippen LogP contribution is 2.24. The Morgan fingerprint density at radius 2 is 1.65 bits per heavy atom. The summed E-state index contributed by atoms with van der Waals surface area (Å²) >= 11 is 0. The molecule has 0 aliphatic heterocycles. The zero-order valence-corrected chi connectivity index (χ0v) is 13.2. The number of hydrogen-bond donors (Lipinski definition) is 0. The molecule has 106 valence electrons. The number of benzene rings is 1. The Hall–Kier alpha value is -2.02. The first-order valence-electron chi connectivity index (χ1n) is 6.72. The van der Waals surface area contributed by atoms with E-state index in [1.165, 1.54) is 11.1 Å². The molecule has 0 saturated heterocycles. The van der Waals surface area contributed by atoms with Gasteiger partial charge in [0.05, 0.1) is 7.11 Å². The predicted octanol–water partition coefficient (Wildman–Crippen LogP) is 5.49. The van der Waals surface area contributed by atoms with Crippen molar-refractivity contribution >= 4 is 5.57 Å². The molecule has 1 rings (SSSR count). The van der Waals surface area contributed by atoms with Gasteiger partial charge >= 0.3 is 0 Å². The van der Waals surface area contributed by atoms with Crippen molar-refractivity contribution in [2.24, 2.45) is 0 Å². The van der Waals surface area contributed by atoms with Gasteiger partial charge in [-0.1, -0.05) is 42.5 Å². The first-order chi connectivity index (χ1) is 9.36. The lowest BCUT2D eigenvalue weighted by molar-refractivity contribution is 0.411. The normalized spacial score (nSPS) is 10.9. The molecule has 0 heterocycles. The van der Waals surface area contributed by atoms with Gasteiger partial charge < -0.3 is 4.74 Å². The SMILES string of the molecule is C=C(C)C(=C/C=C(\C)c1ccc(OC)c(C)c1)C(=C)C. The first-order valence-corrected chi connectivity index (χ1v) is 6.72. The van der Waals surface area contributed by atoms with E-state index in [2.05, 4.69) is 51.3 Å². The summed E-state index contributed by atoms with van der Waals surface area (Å²) in [5.74, 6) is 0.918. The molecule has 20 heavy (non-hydrogen) atoms. The maximum absolute atomic E-state index is 5.29. The van der Waals surface area contributed by atoms with E-state index in [0.29, 0.717) is 0 Å². The molecule has 0 fully saturated rings. The number of methoxy groups -OCH3 is 1. The van der Waals surface area contributed by atoms with Gasteiger partial charge in [0.1, 0.15) is 5.75 Å². The summed E-state index contributed by atoms with van der Waals surface area (Å²) in [4.78, 5) is 0. The van der Waals surface area contributed by atoms with Crippen molar-refractivity contribution < 1.29 is 4.74 Å². The average Bonchev–Trinajstić information content (AvgIpc) is 2.37. The lowest BCUT2D eigenvalue weighted by Gasteiger charge is -2.08.